The molecule has 3 nitrogen and oxygen atoms in total. The quantitative estimate of drug-likeness (QED) is 0.852. The van der Waals surface area contributed by atoms with Crippen LogP contribution in [0, 0.1) is 6.92 Å². The van der Waals surface area contributed by atoms with Gasteiger partial charge in [0.05, 0.1) is 12.2 Å². The van der Waals surface area contributed by atoms with Crippen molar-refractivity contribution in [2.75, 3.05) is 13.2 Å². The third kappa shape index (κ3) is 3.64. The van der Waals surface area contributed by atoms with Crippen LogP contribution in [0.4, 0.5) is 13.2 Å². The molecule has 0 spiro atoms. The molecule has 1 aliphatic rings. The van der Waals surface area contributed by atoms with Crippen LogP contribution in [0.1, 0.15) is 25.0 Å². The Labute approximate surface area is 115 Å². The monoisotopic (exact) mass is 290 g/mol. The highest BCUT2D eigenvalue weighted by atomic mass is 19.4. The smallest absolute Gasteiger partial charge is 0.416 e. The van der Waals surface area contributed by atoms with Crippen molar-refractivity contribution in [1.82, 2.24) is 0 Å². The molecule has 0 aliphatic carbocycles. The fourth-order valence-electron chi connectivity index (χ4n) is 2.03. The van der Waals surface area contributed by atoms with Crippen LogP contribution in [0.15, 0.2) is 18.2 Å². The van der Waals surface area contributed by atoms with Gasteiger partial charge in [-0.25, -0.2) is 0 Å². The molecule has 0 aromatic heterocycles. The van der Waals surface area contributed by atoms with Gasteiger partial charge in [0.2, 0.25) is 0 Å². The molecular weight excluding hydrogens is 273 g/mol. The first-order valence-electron chi connectivity index (χ1n) is 6.30. The Morgan fingerprint density at radius 3 is 2.60 bits per heavy atom. The lowest BCUT2D eigenvalue weighted by atomic mass is 10.1. The lowest BCUT2D eigenvalue weighted by Gasteiger charge is -2.18. The number of aryl methyl sites for hydroxylation is 1. The van der Waals surface area contributed by atoms with Gasteiger partial charge in [-0.15, -0.1) is 0 Å². The van der Waals surface area contributed by atoms with Crippen LogP contribution in [0.2, 0.25) is 0 Å². The number of hydrogen-bond donors (Lipinski definition) is 0. The molecule has 1 heterocycles. The molecule has 0 unspecified atom stereocenters. The number of benzene rings is 1. The molecule has 1 atom stereocenters. The molecule has 20 heavy (non-hydrogen) atoms. The molecular formula is C14H17F3O3. The second-order valence-electron chi connectivity index (χ2n) is 5.24. The molecule has 2 rings (SSSR count). The first kappa shape index (κ1) is 15.1. The van der Waals surface area contributed by atoms with E-state index in [9.17, 15) is 13.2 Å². The molecule has 112 valence electrons. The lowest BCUT2D eigenvalue weighted by Crippen LogP contribution is -2.25. The summed E-state index contributed by atoms with van der Waals surface area (Å²) in [6, 6.07) is 3.93. The third-order valence-corrected chi connectivity index (χ3v) is 3.02. The van der Waals surface area contributed by atoms with Gasteiger partial charge in [0.15, 0.2) is 5.79 Å². The summed E-state index contributed by atoms with van der Waals surface area (Å²) in [5.41, 5.74) is -0.509. The number of ether oxygens (including phenoxy) is 3. The van der Waals surface area contributed by atoms with Crippen molar-refractivity contribution in [1.29, 1.82) is 0 Å². The van der Waals surface area contributed by atoms with Crippen molar-refractivity contribution in [3.8, 4) is 5.75 Å². The van der Waals surface area contributed by atoms with E-state index in [1.54, 1.807) is 13.8 Å². The molecule has 0 radical (unpaired) electrons. The van der Waals surface area contributed by atoms with Crippen molar-refractivity contribution in [3.63, 3.8) is 0 Å². The molecule has 6 heteroatoms. The summed E-state index contributed by atoms with van der Waals surface area (Å²) in [7, 11) is 0. The van der Waals surface area contributed by atoms with Crippen molar-refractivity contribution in [2.45, 2.75) is 38.8 Å². The molecule has 1 fully saturated rings. The SMILES string of the molecule is Cc1ccc(OC[C@H]2COC(C)(C)O2)cc1C(F)(F)F. The topological polar surface area (TPSA) is 27.7 Å². The van der Waals surface area contributed by atoms with E-state index >= 15 is 0 Å². The van der Waals surface area contributed by atoms with E-state index in [2.05, 4.69) is 0 Å². The van der Waals surface area contributed by atoms with Crippen LogP contribution in [-0.4, -0.2) is 25.1 Å². The van der Waals surface area contributed by atoms with Crippen LogP contribution in [-0.2, 0) is 15.7 Å². The summed E-state index contributed by atoms with van der Waals surface area (Å²) < 4.78 is 54.6. The molecule has 0 amide bonds. The first-order valence-corrected chi connectivity index (χ1v) is 6.30. The van der Waals surface area contributed by atoms with Crippen LogP contribution in [0.25, 0.3) is 0 Å². The molecule has 1 aromatic carbocycles. The summed E-state index contributed by atoms with van der Waals surface area (Å²) >= 11 is 0. The first-order chi connectivity index (χ1) is 9.17. The maximum absolute atomic E-state index is 12.8. The van der Waals surface area contributed by atoms with E-state index in [0.717, 1.165) is 6.07 Å². The molecule has 0 saturated carbocycles. The zero-order valence-corrected chi connectivity index (χ0v) is 11.6. The van der Waals surface area contributed by atoms with Crippen molar-refractivity contribution >= 4 is 0 Å². The molecule has 0 bridgehead atoms. The normalized spacial score (nSPS) is 22.0. The van der Waals surface area contributed by atoms with Gasteiger partial charge in [-0.3, -0.25) is 0 Å². The average molecular weight is 290 g/mol. The highest BCUT2D eigenvalue weighted by molar-refractivity contribution is 5.36. The van der Waals surface area contributed by atoms with Crippen LogP contribution in [0.3, 0.4) is 0 Å². The van der Waals surface area contributed by atoms with Crippen molar-refractivity contribution < 1.29 is 27.4 Å². The number of hydrogen-bond acceptors (Lipinski definition) is 3. The van der Waals surface area contributed by atoms with Gasteiger partial charge >= 0.3 is 6.18 Å². The van der Waals surface area contributed by atoms with Gasteiger partial charge in [-0.1, -0.05) is 6.07 Å². The minimum atomic E-state index is -4.38. The zero-order valence-electron chi connectivity index (χ0n) is 11.6. The van der Waals surface area contributed by atoms with Crippen LogP contribution >= 0.6 is 0 Å². The Hall–Kier alpha value is -1.27. The predicted molar refractivity (Wildman–Crippen MR) is 66.6 cm³/mol. The maximum atomic E-state index is 12.8. The van der Waals surface area contributed by atoms with Gasteiger partial charge < -0.3 is 14.2 Å². The summed E-state index contributed by atoms with van der Waals surface area (Å²) in [5, 5.41) is 0. The van der Waals surface area contributed by atoms with Crippen molar-refractivity contribution in [3.05, 3.63) is 29.3 Å². The van der Waals surface area contributed by atoms with Crippen LogP contribution in [0.5, 0.6) is 5.75 Å². The van der Waals surface area contributed by atoms with E-state index in [1.807, 2.05) is 0 Å². The minimum absolute atomic E-state index is 0.157. The molecule has 1 aromatic rings. The Balaban J connectivity index is 2.01. The van der Waals surface area contributed by atoms with Gasteiger partial charge in [0, 0.05) is 0 Å². The highest BCUT2D eigenvalue weighted by Gasteiger charge is 2.34. The van der Waals surface area contributed by atoms with Gasteiger partial charge in [-0.2, -0.15) is 13.2 Å². The fraction of sp³-hybridized carbons (Fsp3) is 0.571. The largest absolute Gasteiger partial charge is 0.491 e. The minimum Gasteiger partial charge on any atom is -0.491 e. The standard InChI is InChI=1S/C14H17F3O3/c1-9-4-5-10(6-12(9)14(15,16)17)18-7-11-8-19-13(2,3)20-11/h4-6,11H,7-8H2,1-3H3/t11-/m0/s1. The predicted octanol–water partition coefficient (Wildman–Crippen LogP) is 3.54. The maximum Gasteiger partial charge on any atom is 0.416 e. The Bertz CT molecular complexity index is 483. The molecule has 0 N–H and O–H groups in total. The van der Waals surface area contributed by atoms with E-state index in [0.29, 0.717) is 6.61 Å². The lowest BCUT2D eigenvalue weighted by molar-refractivity contribution is -0.141. The number of alkyl halides is 3. The van der Waals surface area contributed by atoms with E-state index in [-0.39, 0.29) is 24.0 Å². The Kier molecular flexibility index (Phi) is 3.97. The van der Waals surface area contributed by atoms with Crippen molar-refractivity contribution in [2.24, 2.45) is 0 Å². The van der Waals surface area contributed by atoms with Crippen LogP contribution < -0.4 is 4.74 Å². The van der Waals surface area contributed by atoms with E-state index in [4.69, 9.17) is 14.2 Å². The summed E-state index contributed by atoms with van der Waals surface area (Å²) in [6.45, 7) is 5.50. The average Bonchev–Trinajstić information content (AvgIpc) is 2.66. The van der Waals surface area contributed by atoms with E-state index in [1.165, 1.54) is 19.1 Å². The van der Waals surface area contributed by atoms with Gasteiger partial charge in [0.25, 0.3) is 0 Å². The summed E-state index contributed by atoms with van der Waals surface area (Å²) in [5.74, 6) is -0.491. The van der Waals surface area contributed by atoms with Gasteiger partial charge in [-0.05, 0) is 38.5 Å². The summed E-state index contributed by atoms with van der Waals surface area (Å²) in [6.07, 6.45) is -4.65. The number of rotatable bonds is 3. The van der Waals surface area contributed by atoms with E-state index < -0.39 is 17.5 Å². The van der Waals surface area contributed by atoms with Gasteiger partial charge in [0.1, 0.15) is 18.5 Å². The zero-order chi connectivity index (χ0) is 15.0. The molecule has 1 aliphatic heterocycles. The highest BCUT2D eigenvalue weighted by Crippen LogP contribution is 2.34. The molecule has 1 saturated heterocycles. The fourth-order valence-corrected chi connectivity index (χ4v) is 2.03. The Morgan fingerprint density at radius 2 is 2.05 bits per heavy atom. The second kappa shape index (κ2) is 5.26. The number of halogens is 3. The Morgan fingerprint density at radius 1 is 1.35 bits per heavy atom. The summed E-state index contributed by atoms with van der Waals surface area (Å²) in [4.78, 5) is 0. The second-order valence-corrected chi connectivity index (χ2v) is 5.24. The third-order valence-electron chi connectivity index (χ3n) is 3.02.